The number of hydrogen-bond acceptors (Lipinski definition) is 2. The van der Waals surface area contributed by atoms with Crippen LogP contribution in [-0.4, -0.2) is 17.1 Å². The molecule has 0 atom stereocenters. The monoisotopic (exact) mass is 443 g/mol. The number of carbonyl (C=O) groups is 1. The zero-order valence-electron chi connectivity index (χ0n) is 15.5. The number of aromatic nitrogens is 1. The summed E-state index contributed by atoms with van der Waals surface area (Å²) in [5.74, 6) is -0.292. The lowest BCUT2D eigenvalue weighted by molar-refractivity contribution is 0.0951. The highest BCUT2D eigenvalue weighted by Crippen LogP contribution is 2.29. The highest BCUT2D eigenvalue weighted by atomic mass is 79.9. The normalized spacial score (nSPS) is 10.9. The first-order valence-corrected chi connectivity index (χ1v) is 9.93. The van der Waals surface area contributed by atoms with Crippen LogP contribution in [0.25, 0.3) is 22.4 Å². The Bertz CT molecular complexity index is 1130. The van der Waals surface area contributed by atoms with Gasteiger partial charge in [0.2, 0.25) is 0 Å². The minimum absolute atomic E-state index is 0.292. The molecule has 4 rings (SSSR count). The van der Waals surface area contributed by atoms with Crippen molar-refractivity contribution >= 4 is 28.1 Å². The Hall–Kier alpha value is -3.44. The lowest BCUT2D eigenvalue weighted by Crippen LogP contribution is -2.18. The van der Waals surface area contributed by atoms with Crippen molar-refractivity contribution in [3.8, 4) is 22.4 Å². The number of rotatable bonds is 5. The molecule has 0 saturated heterocycles. The van der Waals surface area contributed by atoms with Gasteiger partial charge in [0.25, 0.3) is 5.91 Å². The third kappa shape index (κ3) is 4.52. The number of carbonyl (C=O) groups excluding carboxylic acids is 1. The molecule has 0 aliphatic heterocycles. The minimum atomic E-state index is -0.292. The first-order valence-electron chi connectivity index (χ1n) is 9.13. The van der Waals surface area contributed by atoms with Crippen molar-refractivity contribution in [3.63, 3.8) is 0 Å². The van der Waals surface area contributed by atoms with Crippen molar-refractivity contribution in [2.45, 2.75) is 0 Å². The van der Waals surface area contributed by atoms with E-state index in [0.29, 0.717) is 5.69 Å². The smallest absolute Gasteiger partial charge is 0.288 e. The van der Waals surface area contributed by atoms with E-state index in [4.69, 9.17) is 0 Å². The maximum atomic E-state index is 12.9. The molecule has 4 nitrogen and oxygen atoms in total. The summed E-state index contributed by atoms with van der Waals surface area (Å²) in [5, 5.41) is 4.10. The molecular formula is C24H18BrN3O. The summed E-state index contributed by atoms with van der Waals surface area (Å²) < 4.78 is 0.992. The summed E-state index contributed by atoms with van der Waals surface area (Å²) in [6.07, 6.45) is 1.62. The van der Waals surface area contributed by atoms with Crippen molar-refractivity contribution in [2.75, 3.05) is 0 Å². The molecular weight excluding hydrogens is 426 g/mol. The lowest BCUT2D eigenvalue weighted by Gasteiger charge is -2.03. The highest BCUT2D eigenvalue weighted by Gasteiger charge is 2.17. The van der Waals surface area contributed by atoms with Crippen LogP contribution in [0.2, 0.25) is 0 Å². The summed E-state index contributed by atoms with van der Waals surface area (Å²) in [6, 6.07) is 29.4. The van der Waals surface area contributed by atoms with Gasteiger partial charge in [-0.3, -0.25) is 4.79 Å². The average molecular weight is 444 g/mol. The fourth-order valence-corrected chi connectivity index (χ4v) is 3.29. The molecule has 5 heteroatoms. The number of halogens is 1. The van der Waals surface area contributed by atoms with Crippen LogP contribution in [0.5, 0.6) is 0 Å². The largest absolute Gasteiger partial charge is 0.350 e. The topological polar surface area (TPSA) is 57.2 Å². The van der Waals surface area contributed by atoms with Gasteiger partial charge in [-0.15, -0.1) is 0 Å². The Morgan fingerprint density at radius 3 is 2.14 bits per heavy atom. The maximum Gasteiger partial charge on any atom is 0.288 e. The van der Waals surface area contributed by atoms with Gasteiger partial charge in [-0.1, -0.05) is 88.7 Å². The van der Waals surface area contributed by atoms with Gasteiger partial charge in [-0.25, -0.2) is 5.43 Å². The quantitative estimate of drug-likeness (QED) is 0.293. The first kappa shape index (κ1) is 18.9. The zero-order valence-corrected chi connectivity index (χ0v) is 17.1. The number of aromatic amines is 1. The summed E-state index contributed by atoms with van der Waals surface area (Å²) >= 11 is 3.40. The van der Waals surface area contributed by atoms with Gasteiger partial charge in [0.05, 0.1) is 6.21 Å². The molecule has 142 valence electrons. The van der Waals surface area contributed by atoms with Gasteiger partial charge in [0, 0.05) is 15.7 Å². The summed E-state index contributed by atoms with van der Waals surface area (Å²) in [6.45, 7) is 0. The molecule has 0 fully saturated rings. The van der Waals surface area contributed by atoms with Gasteiger partial charge < -0.3 is 4.98 Å². The van der Waals surface area contributed by atoms with Crippen LogP contribution in [0.4, 0.5) is 0 Å². The molecule has 4 aromatic rings. The minimum Gasteiger partial charge on any atom is -0.350 e. The van der Waals surface area contributed by atoms with Gasteiger partial charge in [0.15, 0.2) is 0 Å². The SMILES string of the molecule is O=C(N/N=C/c1ccc(Br)cc1)c1[nH]c(-c2ccccc2)cc1-c1ccccc1. The number of amides is 1. The van der Waals surface area contributed by atoms with Crippen molar-refractivity contribution in [1.82, 2.24) is 10.4 Å². The summed E-state index contributed by atoms with van der Waals surface area (Å²) in [5.41, 5.74) is 7.69. The van der Waals surface area contributed by atoms with E-state index >= 15 is 0 Å². The van der Waals surface area contributed by atoms with E-state index in [1.54, 1.807) is 6.21 Å². The highest BCUT2D eigenvalue weighted by molar-refractivity contribution is 9.10. The molecule has 0 unspecified atom stereocenters. The predicted octanol–water partition coefficient (Wildman–Crippen LogP) is 5.88. The number of nitrogens with one attached hydrogen (secondary N) is 2. The van der Waals surface area contributed by atoms with Crippen molar-refractivity contribution in [2.24, 2.45) is 5.10 Å². The Morgan fingerprint density at radius 1 is 0.862 bits per heavy atom. The van der Waals surface area contributed by atoms with Crippen LogP contribution in [0.15, 0.2) is 101 Å². The van der Waals surface area contributed by atoms with Crippen LogP contribution in [0.3, 0.4) is 0 Å². The van der Waals surface area contributed by atoms with Gasteiger partial charge >= 0.3 is 0 Å². The van der Waals surface area contributed by atoms with E-state index in [-0.39, 0.29) is 5.91 Å². The van der Waals surface area contributed by atoms with E-state index in [1.807, 2.05) is 91.0 Å². The predicted molar refractivity (Wildman–Crippen MR) is 121 cm³/mol. The molecule has 0 aliphatic carbocycles. The second kappa shape index (κ2) is 8.71. The molecule has 3 aromatic carbocycles. The Labute approximate surface area is 177 Å². The maximum absolute atomic E-state index is 12.9. The van der Waals surface area contributed by atoms with Crippen molar-refractivity contribution in [3.05, 3.63) is 107 Å². The van der Waals surface area contributed by atoms with Crippen LogP contribution in [-0.2, 0) is 0 Å². The lowest BCUT2D eigenvalue weighted by atomic mass is 10.0. The molecule has 29 heavy (non-hydrogen) atoms. The summed E-state index contributed by atoms with van der Waals surface area (Å²) in [4.78, 5) is 16.1. The van der Waals surface area contributed by atoms with Crippen molar-refractivity contribution < 1.29 is 4.79 Å². The van der Waals surface area contributed by atoms with Crippen LogP contribution < -0.4 is 5.43 Å². The van der Waals surface area contributed by atoms with E-state index in [0.717, 1.165) is 32.4 Å². The Kier molecular flexibility index (Phi) is 5.68. The summed E-state index contributed by atoms with van der Waals surface area (Å²) in [7, 11) is 0. The second-order valence-electron chi connectivity index (χ2n) is 6.45. The molecule has 2 N–H and O–H groups in total. The Balaban J connectivity index is 1.63. The van der Waals surface area contributed by atoms with Gasteiger partial charge in [-0.2, -0.15) is 5.10 Å². The number of nitrogens with zero attached hydrogens (tertiary/aromatic N) is 1. The van der Waals surface area contributed by atoms with E-state index < -0.39 is 0 Å². The second-order valence-corrected chi connectivity index (χ2v) is 7.37. The molecule has 0 aliphatic rings. The number of hydrogen-bond donors (Lipinski definition) is 2. The van der Waals surface area contributed by atoms with E-state index in [9.17, 15) is 4.79 Å². The Morgan fingerprint density at radius 2 is 1.48 bits per heavy atom. The molecule has 0 bridgehead atoms. The van der Waals surface area contributed by atoms with E-state index in [1.165, 1.54) is 0 Å². The third-order valence-corrected chi connectivity index (χ3v) is 4.99. The van der Waals surface area contributed by atoms with Crippen molar-refractivity contribution in [1.29, 1.82) is 0 Å². The van der Waals surface area contributed by atoms with Crippen LogP contribution >= 0.6 is 15.9 Å². The molecule has 1 aromatic heterocycles. The molecule has 1 heterocycles. The molecule has 0 spiro atoms. The zero-order chi connectivity index (χ0) is 20.1. The van der Waals surface area contributed by atoms with Gasteiger partial charge in [0.1, 0.15) is 5.69 Å². The third-order valence-electron chi connectivity index (χ3n) is 4.46. The molecule has 0 saturated carbocycles. The van der Waals surface area contributed by atoms with Crippen LogP contribution in [0, 0.1) is 0 Å². The van der Waals surface area contributed by atoms with E-state index in [2.05, 4.69) is 31.4 Å². The first-order chi connectivity index (χ1) is 14.2. The standard InChI is InChI=1S/C24H18BrN3O/c25-20-13-11-17(12-14-20)16-26-28-24(29)23-21(18-7-3-1-4-8-18)15-22(27-23)19-9-5-2-6-10-19/h1-16,27H,(H,28,29)/b26-16+. The fraction of sp³-hybridized carbons (Fsp3) is 0. The molecule has 1 amide bonds. The fourth-order valence-electron chi connectivity index (χ4n) is 3.02. The van der Waals surface area contributed by atoms with Crippen LogP contribution in [0.1, 0.15) is 16.1 Å². The molecule has 0 radical (unpaired) electrons. The number of hydrazone groups is 1. The number of benzene rings is 3. The average Bonchev–Trinajstić information content (AvgIpc) is 3.22. The van der Waals surface area contributed by atoms with Gasteiger partial charge in [-0.05, 0) is 34.9 Å². The number of H-pyrrole nitrogens is 1.